The molecule has 1 aromatic carbocycles. The number of amides is 1. The first-order chi connectivity index (χ1) is 9.11. The highest BCUT2D eigenvalue weighted by molar-refractivity contribution is 5.78. The monoisotopic (exact) mass is 263 g/mol. The molecule has 0 spiro atoms. The number of aliphatic hydroxyl groups is 1. The molecule has 1 aliphatic heterocycles. The van der Waals surface area contributed by atoms with Crippen LogP contribution in [0.25, 0.3) is 0 Å². The summed E-state index contributed by atoms with van der Waals surface area (Å²) in [4.78, 5) is 13.3. The molecule has 1 aromatic rings. The minimum absolute atomic E-state index is 0.198. The Balaban J connectivity index is 1.89. The van der Waals surface area contributed by atoms with Crippen molar-refractivity contribution in [2.45, 2.75) is 32.3 Å². The molecule has 0 saturated carbocycles. The molecule has 1 N–H and O–H groups in total. The average Bonchev–Trinajstić information content (AvgIpc) is 3.22. The zero-order valence-corrected chi connectivity index (χ0v) is 11.6. The topological polar surface area (TPSA) is 49.5 Å². The van der Waals surface area contributed by atoms with Gasteiger partial charge in [-0.3, -0.25) is 4.79 Å². The molecule has 1 unspecified atom stereocenters. The zero-order chi connectivity index (χ0) is 13.8. The number of hydrogen-bond donors (Lipinski definition) is 1. The van der Waals surface area contributed by atoms with E-state index in [2.05, 4.69) is 0 Å². The van der Waals surface area contributed by atoms with Crippen molar-refractivity contribution >= 4 is 5.91 Å². The number of carbonyl (C=O) groups excluding carboxylic acids is 1. The summed E-state index contributed by atoms with van der Waals surface area (Å²) < 4.78 is 5.26. The van der Waals surface area contributed by atoms with Crippen LogP contribution in [-0.2, 0) is 4.79 Å². The maximum Gasteiger partial charge on any atom is 0.222 e. The lowest BCUT2D eigenvalue weighted by Gasteiger charge is -2.15. The standard InChI is InChI=1S/C15H21NO3/c1-11-6-7-14(19-2)12(10-11)13(17)4-3-5-15(18)16-8-9-16/h6-7,10,13,17H,3-5,8-9H2,1-2H3. The maximum absolute atomic E-state index is 11.5. The van der Waals surface area contributed by atoms with Gasteiger partial charge in [0.05, 0.1) is 13.2 Å². The largest absolute Gasteiger partial charge is 0.496 e. The van der Waals surface area contributed by atoms with Crippen LogP contribution in [0.3, 0.4) is 0 Å². The van der Waals surface area contributed by atoms with Crippen LogP contribution in [0.15, 0.2) is 18.2 Å². The van der Waals surface area contributed by atoms with Gasteiger partial charge in [0.1, 0.15) is 5.75 Å². The summed E-state index contributed by atoms with van der Waals surface area (Å²) in [7, 11) is 1.60. The molecule has 1 fully saturated rings. The van der Waals surface area contributed by atoms with E-state index >= 15 is 0 Å². The van der Waals surface area contributed by atoms with Crippen molar-refractivity contribution in [3.05, 3.63) is 29.3 Å². The molecule has 4 nitrogen and oxygen atoms in total. The molecule has 0 aliphatic carbocycles. The summed E-state index contributed by atoms with van der Waals surface area (Å²) in [6.07, 6.45) is 1.23. The molecular weight excluding hydrogens is 242 g/mol. The SMILES string of the molecule is COc1ccc(C)cc1C(O)CCCC(=O)N1CC1. The van der Waals surface area contributed by atoms with Crippen LogP contribution < -0.4 is 4.74 Å². The predicted octanol–water partition coefficient (Wildman–Crippen LogP) is 2.05. The lowest BCUT2D eigenvalue weighted by Crippen LogP contribution is -2.10. The van der Waals surface area contributed by atoms with Crippen LogP contribution in [0.1, 0.15) is 36.5 Å². The van der Waals surface area contributed by atoms with Gasteiger partial charge in [0.25, 0.3) is 0 Å². The fraction of sp³-hybridized carbons (Fsp3) is 0.533. The first kappa shape index (κ1) is 13.9. The van der Waals surface area contributed by atoms with Crippen LogP contribution in [0.4, 0.5) is 0 Å². The molecule has 2 rings (SSSR count). The summed E-state index contributed by atoms with van der Waals surface area (Å²) in [6.45, 7) is 3.78. The highest BCUT2D eigenvalue weighted by Crippen LogP contribution is 2.29. The molecule has 1 heterocycles. The Morgan fingerprint density at radius 1 is 1.47 bits per heavy atom. The van der Waals surface area contributed by atoms with E-state index in [-0.39, 0.29) is 5.91 Å². The molecule has 1 aliphatic rings. The second-order valence-electron chi connectivity index (χ2n) is 5.03. The number of ether oxygens (including phenoxy) is 1. The minimum atomic E-state index is -0.572. The maximum atomic E-state index is 11.5. The Morgan fingerprint density at radius 3 is 2.84 bits per heavy atom. The molecule has 4 heteroatoms. The molecule has 1 amide bonds. The Morgan fingerprint density at radius 2 is 2.21 bits per heavy atom. The lowest BCUT2D eigenvalue weighted by molar-refractivity contribution is -0.125. The first-order valence-electron chi connectivity index (χ1n) is 6.72. The number of nitrogens with zero attached hydrogens (tertiary/aromatic N) is 1. The Bertz CT molecular complexity index is 455. The Labute approximate surface area is 114 Å². The van der Waals surface area contributed by atoms with E-state index in [0.717, 1.165) is 24.2 Å². The number of methoxy groups -OCH3 is 1. The van der Waals surface area contributed by atoms with Crippen LogP contribution in [-0.4, -0.2) is 36.1 Å². The molecule has 1 atom stereocenters. The molecule has 104 valence electrons. The van der Waals surface area contributed by atoms with Crippen molar-refractivity contribution in [1.29, 1.82) is 0 Å². The average molecular weight is 263 g/mol. The van der Waals surface area contributed by atoms with Crippen molar-refractivity contribution in [2.24, 2.45) is 0 Å². The molecule has 0 bridgehead atoms. The van der Waals surface area contributed by atoms with E-state index in [1.807, 2.05) is 30.0 Å². The van der Waals surface area contributed by atoms with Crippen LogP contribution >= 0.6 is 0 Å². The van der Waals surface area contributed by atoms with Crippen LogP contribution in [0.2, 0.25) is 0 Å². The molecule has 1 saturated heterocycles. The van der Waals surface area contributed by atoms with Gasteiger partial charge in [-0.2, -0.15) is 0 Å². The molecule has 0 aromatic heterocycles. The Kier molecular flexibility index (Phi) is 4.43. The van der Waals surface area contributed by atoms with Crippen molar-refractivity contribution < 1.29 is 14.6 Å². The van der Waals surface area contributed by atoms with Gasteiger partial charge in [0, 0.05) is 25.1 Å². The fourth-order valence-electron chi connectivity index (χ4n) is 2.17. The summed E-state index contributed by atoms with van der Waals surface area (Å²) in [5.74, 6) is 0.902. The third-order valence-corrected chi connectivity index (χ3v) is 3.41. The van der Waals surface area contributed by atoms with Gasteiger partial charge in [-0.1, -0.05) is 11.6 Å². The van der Waals surface area contributed by atoms with Gasteiger partial charge in [0.2, 0.25) is 5.91 Å². The number of carbonyl (C=O) groups is 1. The summed E-state index contributed by atoms with van der Waals surface area (Å²) in [6, 6.07) is 5.77. The lowest BCUT2D eigenvalue weighted by atomic mass is 10.0. The van der Waals surface area contributed by atoms with E-state index in [1.54, 1.807) is 7.11 Å². The number of aliphatic hydroxyl groups excluding tert-OH is 1. The number of rotatable bonds is 6. The van der Waals surface area contributed by atoms with Crippen molar-refractivity contribution in [1.82, 2.24) is 4.90 Å². The smallest absolute Gasteiger partial charge is 0.222 e. The summed E-state index contributed by atoms with van der Waals surface area (Å²) >= 11 is 0. The van der Waals surface area contributed by atoms with Crippen molar-refractivity contribution in [2.75, 3.05) is 20.2 Å². The zero-order valence-electron chi connectivity index (χ0n) is 11.6. The number of hydrogen-bond acceptors (Lipinski definition) is 3. The third-order valence-electron chi connectivity index (χ3n) is 3.41. The molecule has 0 radical (unpaired) electrons. The molecule has 19 heavy (non-hydrogen) atoms. The van der Waals surface area contributed by atoms with E-state index in [0.29, 0.717) is 25.0 Å². The van der Waals surface area contributed by atoms with Crippen LogP contribution in [0, 0.1) is 6.92 Å². The number of aryl methyl sites for hydroxylation is 1. The summed E-state index contributed by atoms with van der Waals surface area (Å²) in [5, 5.41) is 10.2. The van der Waals surface area contributed by atoms with Gasteiger partial charge in [0.15, 0.2) is 0 Å². The van der Waals surface area contributed by atoms with E-state index in [1.165, 1.54) is 0 Å². The second kappa shape index (κ2) is 6.06. The quantitative estimate of drug-likeness (QED) is 0.799. The van der Waals surface area contributed by atoms with Gasteiger partial charge >= 0.3 is 0 Å². The van der Waals surface area contributed by atoms with Gasteiger partial charge in [-0.25, -0.2) is 0 Å². The fourth-order valence-corrected chi connectivity index (χ4v) is 2.17. The number of benzene rings is 1. The van der Waals surface area contributed by atoms with Gasteiger partial charge < -0.3 is 14.7 Å². The second-order valence-corrected chi connectivity index (χ2v) is 5.03. The minimum Gasteiger partial charge on any atom is -0.496 e. The Hall–Kier alpha value is -1.55. The van der Waals surface area contributed by atoms with Gasteiger partial charge in [-0.15, -0.1) is 0 Å². The normalized spacial score (nSPS) is 15.2. The highest BCUT2D eigenvalue weighted by atomic mass is 16.5. The van der Waals surface area contributed by atoms with E-state index < -0.39 is 6.10 Å². The third kappa shape index (κ3) is 3.70. The highest BCUT2D eigenvalue weighted by Gasteiger charge is 2.23. The van der Waals surface area contributed by atoms with Crippen molar-refractivity contribution in [3.63, 3.8) is 0 Å². The first-order valence-corrected chi connectivity index (χ1v) is 6.72. The van der Waals surface area contributed by atoms with E-state index in [4.69, 9.17) is 4.74 Å². The summed E-state index contributed by atoms with van der Waals surface area (Å²) in [5.41, 5.74) is 1.90. The van der Waals surface area contributed by atoms with Gasteiger partial charge in [-0.05, 0) is 31.9 Å². The van der Waals surface area contributed by atoms with Crippen LogP contribution in [0.5, 0.6) is 5.75 Å². The van der Waals surface area contributed by atoms with Crippen molar-refractivity contribution in [3.8, 4) is 5.75 Å². The molecular formula is C15H21NO3. The predicted molar refractivity (Wildman–Crippen MR) is 73.1 cm³/mol. The van der Waals surface area contributed by atoms with E-state index in [9.17, 15) is 9.90 Å².